The van der Waals surface area contributed by atoms with Crippen LogP contribution in [-0.2, 0) is 9.53 Å². The van der Waals surface area contributed by atoms with E-state index in [0.717, 1.165) is 26.3 Å². The molecule has 0 radical (unpaired) electrons. The van der Waals surface area contributed by atoms with Crippen LogP contribution in [0.3, 0.4) is 0 Å². The van der Waals surface area contributed by atoms with Gasteiger partial charge < -0.3 is 9.84 Å². The molecule has 0 saturated carbocycles. The third-order valence-electron chi connectivity index (χ3n) is 3.45. The molecule has 1 rings (SSSR count). The number of carboxylic acids is 1. The molecule has 5 heteroatoms. The Balaban J connectivity index is 2.61. The Kier molecular flexibility index (Phi) is 5.56. The summed E-state index contributed by atoms with van der Waals surface area (Å²) < 4.78 is 5.32. The van der Waals surface area contributed by atoms with Crippen molar-refractivity contribution >= 4 is 5.97 Å². The van der Waals surface area contributed by atoms with Crippen LogP contribution in [0.5, 0.6) is 0 Å². The van der Waals surface area contributed by atoms with Crippen molar-refractivity contribution in [2.45, 2.75) is 51.7 Å². The third kappa shape index (κ3) is 4.23. The van der Waals surface area contributed by atoms with Crippen LogP contribution in [0.4, 0.5) is 0 Å². The van der Waals surface area contributed by atoms with Crippen molar-refractivity contribution in [1.29, 1.82) is 0 Å². The molecule has 1 aliphatic heterocycles. The molecule has 1 heterocycles. The standard InChI is InChI=1S/C13H26N2O3/c1-10(2)14-13(4,12(16)17)9-11(3)15-5-7-18-8-6-15/h10-11,14H,5-9H2,1-4H3,(H,16,17). The summed E-state index contributed by atoms with van der Waals surface area (Å²) >= 11 is 0. The molecule has 0 aromatic rings. The number of nitrogens with zero attached hydrogens (tertiary/aromatic N) is 1. The number of carboxylic acid groups (broad SMARTS) is 1. The maximum atomic E-state index is 11.5. The van der Waals surface area contributed by atoms with Crippen molar-refractivity contribution in [3.05, 3.63) is 0 Å². The number of morpholine rings is 1. The minimum atomic E-state index is -0.869. The van der Waals surface area contributed by atoms with Crippen LogP contribution in [0.1, 0.15) is 34.1 Å². The van der Waals surface area contributed by atoms with Gasteiger partial charge in [-0.1, -0.05) is 0 Å². The average Bonchev–Trinajstić information content (AvgIpc) is 2.28. The first-order valence-electron chi connectivity index (χ1n) is 6.68. The maximum Gasteiger partial charge on any atom is 0.323 e. The first-order valence-corrected chi connectivity index (χ1v) is 6.68. The average molecular weight is 258 g/mol. The number of hydrogen-bond acceptors (Lipinski definition) is 4. The molecule has 106 valence electrons. The summed E-state index contributed by atoms with van der Waals surface area (Å²) in [5, 5.41) is 12.6. The van der Waals surface area contributed by atoms with Crippen molar-refractivity contribution in [3.63, 3.8) is 0 Å². The molecule has 1 saturated heterocycles. The zero-order valence-corrected chi connectivity index (χ0v) is 11.9. The molecule has 1 aliphatic rings. The van der Waals surface area contributed by atoms with E-state index < -0.39 is 11.5 Å². The van der Waals surface area contributed by atoms with Gasteiger partial charge in [-0.25, -0.2) is 0 Å². The maximum absolute atomic E-state index is 11.5. The largest absolute Gasteiger partial charge is 0.480 e. The predicted octanol–water partition coefficient (Wildman–Crippen LogP) is 0.939. The Labute approximate surface area is 109 Å². The summed E-state index contributed by atoms with van der Waals surface area (Å²) in [6.07, 6.45) is 0.598. The summed E-state index contributed by atoms with van der Waals surface area (Å²) in [6.45, 7) is 11.1. The van der Waals surface area contributed by atoms with Gasteiger partial charge >= 0.3 is 5.97 Å². The molecule has 2 atom stereocenters. The highest BCUT2D eigenvalue weighted by atomic mass is 16.5. The zero-order valence-electron chi connectivity index (χ0n) is 11.9. The molecule has 0 aromatic carbocycles. The first kappa shape index (κ1) is 15.4. The zero-order chi connectivity index (χ0) is 13.8. The van der Waals surface area contributed by atoms with Gasteiger partial charge in [0.25, 0.3) is 0 Å². The Bertz CT molecular complexity index is 277. The molecule has 0 spiro atoms. The summed E-state index contributed by atoms with van der Waals surface area (Å²) in [5.74, 6) is -0.781. The lowest BCUT2D eigenvalue weighted by atomic mass is 9.92. The van der Waals surface area contributed by atoms with Gasteiger partial charge in [-0.05, 0) is 34.1 Å². The first-order chi connectivity index (χ1) is 8.35. The fourth-order valence-electron chi connectivity index (χ4n) is 2.58. The molecule has 18 heavy (non-hydrogen) atoms. The quantitative estimate of drug-likeness (QED) is 0.742. The highest BCUT2D eigenvalue weighted by Crippen LogP contribution is 2.18. The van der Waals surface area contributed by atoms with Crippen molar-refractivity contribution in [1.82, 2.24) is 10.2 Å². The molecule has 2 N–H and O–H groups in total. The molecule has 2 unspecified atom stereocenters. The second kappa shape index (κ2) is 6.50. The lowest BCUT2D eigenvalue weighted by molar-refractivity contribution is -0.145. The van der Waals surface area contributed by atoms with E-state index in [1.54, 1.807) is 6.92 Å². The van der Waals surface area contributed by atoms with E-state index in [-0.39, 0.29) is 12.1 Å². The second-order valence-corrected chi connectivity index (χ2v) is 5.64. The van der Waals surface area contributed by atoms with Crippen molar-refractivity contribution in [3.8, 4) is 0 Å². The third-order valence-corrected chi connectivity index (χ3v) is 3.45. The van der Waals surface area contributed by atoms with Crippen LogP contribution < -0.4 is 5.32 Å². The molecule has 5 nitrogen and oxygen atoms in total. The van der Waals surface area contributed by atoms with Crippen LogP contribution >= 0.6 is 0 Å². The fraction of sp³-hybridized carbons (Fsp3) is 0.923. The van der Waals surface area contributed by atoms with E-state index in [0.29, 0.717) is 6.42 Å². The van der Waals surface area contributed by atoms with Gasteiger partial charge in [0, 0.05) is 25.2 Å². The number of carbonyl (C=O) groups is 1. The van der Waals surface area contributed by atoms with Crippen molar-refractivity contribution < 1.29 is 14.6 Å². The molecule has 1 fully saturated rings. The topological polar surface area (TPSA) is 61.8 Å². The number of rotatable bonds is 6. The van der Waals surface area contributed by atoms with Gasteiger partial charge in [0.05, 0.1) is 13.2 Å². The van der Waals surface area contributed by atoms with Gasteiger partial charge in [0.15, 0.2) is 0 Å². The summed E-state index contributed by atoms with van der Waals surface area (Å²) in [4.78, 5) is 13.8. The van der Waals surface area contributed by atoms with E-state index in [4.69, 9.17) is 4.74 Å². The van der Waals surface area contributed by atoms with Gasteiger partial charge in [0.2, 0.25) is 0 Å². The van der Waals surface area contributed by atoms with E-state index >= 15 is 0 Å². The van der Waals surface area contributed by atoms with E-state index in [1.807, 2.05) is 13.8 Å². The van der Waals surface area contributed by atoms with Crippen LogP contribution in [0.15, 0.2) is 0 Å². The monoisotopic (exact) mass is 258 g/mol. The normalized spacial score (nSPS) is 22.7. The van der Waals surface area contributed by atoms with E-state index in [1.165, 1.54) is 0 Å². The molecular formula is C13H26N2O3. The van der Waals surface area contributed by atoms with Crippen LogP contribution in [0, 0.1) is 0 Å². The van der Waals surface area contributed by atoms with Crippen molar-refractivity contribution in [2.24, 2.45) is 0 Å². The van der Waals surface area contributed by atoms with E-state index in [9.17, 15) is 9.90 Å². The molecule has 0 bridgehead atoms. The number of ether oxygens (including phenoxy) is 1. The van der Waals surface area contributed by atoms with Crippen LogP contribution in [-0.4, -0.2) is 59.9 Å². The summed E-state index contributed by atoms with van der Waals surface area (Å²) in [7, 11) is 0. The molecule has 0 amide bonds. The predicted molar refractivity (Wildman–Crippen MR) is 70.8 cm³/mol. The fourth-order valence-corrected chi connectivity index (χ4v) is 2.58. The minimum absolute atomic E-state index is 0.156. The summed E-state index contributed by atoms with van der Waals surface area (Å²) in [6, 6.07) is 0.393. The lowest BCUT2D eigenvalue weighted by Crippen LogP contribution is -2.56. The number of aliphatic carboxylic acids is 1. The Morgan fingerprint density at radius 2 is 1.94 bits per heavy atom. The molecule has 0 aliphatic carbocycles. The van der Waals surface area contributed by atoms with Gasteiger partial charge in [-0.3, -0.25) is 15.0 Å². The Morgan fingerprint density at radius 3 is 2.39 bits per heavy atom. The van der Waals surface area contributed by atoms with Crippen LogP contribution in [0.2, 0.25) is 0 Å². The lowest BCUT2D eigenvalue weighted by Gasteiger charge is -2.37. The molecule has 0 aromatic heterocycles. The Morgan fingerprint density at radius 1 is 1.39 bits per heavy atom. The number of nitrogens with one attached hydrogen (secondary N) is 1. The van der Waals surface area contributed by atoms with Gasteiger partial charge in [0.1, 0.15) is 5.54 Å². The second-order valence-electron chi connectivity index (χ2n) is 5.64. The highest BCUT2D eigenvalue weighted by molar-refractivity contribution is 5.78. The van der Waals surface area contributed by atoms with Crippen molar-refractivity contribution in [2.75, 3.05) is 26.3 Å². The Hall–Kier alpha value is -0.650. The smallest absolute Gasteiger partial charge is 0.323 e. The highest BCUT2D eigenvalue weighted by Gasteiger charge is 2.36. The van der Waals surface area contributed by atoms with Gasteiger partial charge in [-0.2, -0.15) is 0 Å². The van der Waals surface area contributed by atoms with Crippen LogP contribution in [0.25, 0.3) is 0 Å². The molecular weight excluding hydrogens is 232 g/mol. The number of hydrogen-bond donors (Lipinski definition) is 2. The minimum Gasteiger partial charge on any atom is -0.480 e. The van der Waals surface area contributed by atoms with Gasteiger partial charge in [-0.15, -0.1) is 0 Å². The SMILES string of the molecule is CC(C)NC(C)(CC(C)N1CCOCC1)C(=O)O. The van der Waals surface area contributed by atoms with E-state index in [2.05, 4.69) is 17.1 Å². The summed E-state index contributed by atoms with van der Waals surface area (Å²) in [5.41, 5.74) is -0.869.